The van der Waals surface area contributed by atoms with Crippen LogP contribution in [0.5, 0.6) is 17.2 Å². The number of hydrogen-bond donors (Lipinski definition) is 2. The zero-order valence-corrected chi connectivity index (χ0v) is 14.3. The van der Waals surface area contributed by atoms with Crippen molar-refractivity contribution < 1.29 is 27.4 Å². The molecule has 1 aliphatic heterocycles. The molecule has 0 atom stereocenters. The van der Waals surface area contributed by atoms with Crippen LogP contribution in [0, 0.1) is 0 Å². The molecule has 0 unspecified atom stereocenters. The van der Waals surface area contributed by atoms with Gasteiger partial charge < -0.3 is 19.5 Å². The molecular formula is C16H16N2O6S. The van der Waals surface area contributed by atoms with Gasteiger partial charge in [0.15, 0.2) is 11.5 Å². The molecule has 2 aromatic rings. The molecule has 0 spiro atoms. The van der Waals surface area contributed by atoms with Gasteiger partial charge in [0.25, 0.3) is 10.0 Å². The van der Waals surface area contributed by atoms with Gasteiger partial charge >= 0.3 is 0 Å². The summed E-state index contributed by atoms with van der Waals surface area (Å²) < 4.78 is 43.2. The van der Waals surface area contributed by atoms with Crippen LogP contribution in [-0.4, -0.2) is 28.2 Å². The molecular weight excluding hydrogens is 348 g/mol. The summed E-state index contributed by atoms with van der Waals surface area (Å²) in [7, 11) is -2.46. The maximum Gasteiger partial charge on any atom is 0.262 e. The Balaban J connectivity index is 1.88. The van der Waals surface area contributed by atoms with E-state index in [2.05, 4.69) is 10.0 Å². The Morgan fingerprint density at radius 2 is 1.88 bits per heavy atom. The van der Waals surface area contributed by atoms with Crippen LogP contribution >= 0.6 is 0 Å². The van der Waals surface area contributed by atoms with Gasteiger partial charge in [-0.3, -0.25) is 9.52 Å². The number of carbonyl (C=O) groups is 1. The number of hydrogen-bond acceptors (Lipinski definition) is 6. The number of amides is 1. The lowest BCUT2D eigenvalue weighted by Gasteiger charge is -2.12. The number of rotatable bonds is 5. The lowest BCUT2D eigenvalue weighted by atomic mass is 10.3. The van der Waals surface area contributed by atoms with E-state index < -0.39 is 10.0 Å². The molecule has 0 fully saturated rings. The van der Waals surface area contributed by atoms with Crippen molar-refractivity contribution in [1.82, 2.24) is 0 Å². The number of ether oxygens (including phenoxy) is 3. The van der Waals surface area contributed by atoms with Gasteiger partial charge in [-0.15, -0.1) is 0 Å². The molecule has 3 rings (SSSR count). The second-order valence-corrected chi connectivity index (χ2v) is 6.90. The van der Waals surface area contributed by atoms with Crippen molar-refractivity contribution in [3.63, 3.8) is 0 Å². The van der Waals surface area contributed by atoms with Crippen molar-refractivity contribution in [2.75, 3.05) is 23.9 Å². The number of nitrogens with one attached hydrogen (secondary N) is 2. The Morgan fingerprint density at radius 3 is 2.60 bits per heavy atom. The number of carbonyl (C=O) groups excluding carboxylic acids is 1. The van der Waals surface area contributed by atoms with Gasteiger partial charge in [-0.1, -0.05) is 0 Å². The van der Waals surface area contributed by atoms with Crippen molar-refractivity contribution in [3.8, 4) is 17.2 Å². The molecule has 1 aliphatic rings. The average molecular weight is 364 g/mol. The zero-order chi connectivity index (χ0) is 18.0. The Bertz CT molecular complexity index is 926. The van der Waals surface area contributed by atoms with Crippen molar-refractivity contribution in [2.24, 2.45) is 0 Å². The second kappa shape index (κ2) is 6.52. The molecule has 1 heterocycles. The van der Waals surface area contributed by atoms with E-state index in [9.17, 15) is 13.2 Å². The summed E-state index contributed by atoms with van der Waals surface area (Å²) >= 11 is 0. The van der Waals surface area contributed by atoms with Crippen LogP contribution in [0.3, 0.4) is 0 Å². The Kier molecular flexibility index (Phi) is 4.41. The minimum atomic E-state index is -3.85. The fourth-order valence-electron chi connectivity index (χ4n) is 2.31. The quantitative estimate of drug-likeness (QED) is 0.843. The van der Waals surface area contributed by atoms with E-state index >= 15 is 0 Å². The molecule has 0 aliphatic carbocycles. The van der Waals surface area contributed by atoms with Gasteiger partial charge in [-0.2, -0.15) is 0 Å². The van der Waals surface area contributed by atoms with E-state index in [0.29, 0.717) is 22.9 Å². The molecule has 132 valence electrons. The summed E-state index contributed by atoms with van der Waals surface area (Å²) in [6, 6.07) is 8.93. The third-order valence-electron chi connectivity index (χ3n) is 3.42. The molecule has 0 radical (unpaired) electrons. The smallest absolute Gasteiger partial charge is 0.262 e. The average Bonchev–Trinajstić information content (AvgIpc) is 3.01. The first-order chi connectivity index (χ1) is 11.9. The minimum absolute atomic E-state index is 0.00359. The van der Waals surface area contributed by atoms with Crippen LogP contribution in [0.4, 0.5) is 11.4 Å². The first kappa shape index (κ1) is 16.9. The van der Waals surface area contributed by atoms with E-state index in [1.807, 2.05) is 0 Å². The van der Waals surface area contributed by atoms with Gasteiger partial charge in [0, 0.05) is 19.1 Å². The maximum absolute atomic E-state index is 12.6. The Labute approximate surface area is 144 Å². The highest BCUT2D eigenvalue weighted by atomic mass is 32.2. The molecule has 0 saturated carbocycles. The van der Waals surface area contributed by atoms with Crippen LogP contribution in [0.25, 0.3) is 0 Å². The molecule has 9 heteroatoms. The Morgan fingerprint density at radius 1 is 1.12 bits per heavy atom. The molecule has 8 nitrogen and oxygen atoms in total. The fraction of sp³-hybridized carbons (Fsp3) is 0.188. The second-order valence-electron chi connectivity index (χ2n) is 5.22. The molecule has 0 aromatic heterocycles. The number of methoxy groups -OCH3 is 1. The summed E-state index contributed by atoms with van der Waals surface area (Å²) in [4.78, 5) is 11.2. The number of benzene rings is 2. The highest BCUT2D eigenvalue weighted by molar-refractivity contribution is 7.92. The lowest BCUT2D eigenvalue weighted by Crippen LogP contribution is -2.14. The van der Waals surface area contributed by atoms with Crippen molar-refractivity contribution >= 4 is 27.3 Å². The van der Waals surface area contributed by atoms with Crippen LogP contribution < -0.4 is 24.2 Å². The predicted molar refractivity (Wildman–Crippen MR) is 90.7 cm³/mol. The highest BCUT2D eigenvalue weighted by Gasteiger charge is 2.19. The van der Waals surface area contributed by atoms with Gasteiger partial charge in [-0.25, -0.2) is 8.42 Å². The maximum atomic E-state index is 12.6. The van der Waals surface area contributed by atoms with E-state index in [1.165, 1.54) is 32.2 Å². The molecule has 2 N–H and O–H groups in total. The van der Waals surface area contributed by atoms with Crippen molar-refractivity contribution in [1.29, 1.82) is 0 Å². The van der Waals surface area contributed by atoms with Crippen LogP contribution in [0.15, 0.2) is 41.3 Å². The van der Waals surface area contributed by atoms with E-state index in [4.69, 9.17) is 14.2 Å². The monoisotopic (exact) mass is 364 g/mol. The first-order valence-electron chi connectivity index (χ1n) is 7.27. The lowest BCUT2D eigenvalue weighted by molar-refractivity contribution is -0.114. The summed E-state index contributed by atoms with van der Waals surface area (Å²) in [6.07, 6.45) is 0. The molecule has 25 heavy (non-hydrogen) atoms. The summed E-state index contributed by atoms with van der Waals surface area (Å²) in [5, 5.41) is 2.57. The van der Waals surface area contributed by atoms with Crippen LogP contribution in [-0.2, 0) is 14.8 Å². The van der Waals surface area contributed by atoms with Crippen molar-refractivity contribution in [2.45, 2.75) is 11.8 Å². The van der Waals surface area contributed by atoms with Gasteiger partial charge in [0.1, 0.15) is 5.75 Å². The number of sulfonamides is 1. The Hall–Kier alpha value is -2.94. The van der Waals surface area contributed by atoms with Gasteiger partial charge in [-0.05, 0) is 24.3 Å². The highest BCUT2D eigenvalue weighted by Crippen LogP contribution is 2.35. The summed E-state index contributed by atoms with van der Waals surface area (Å²) in [5.41, 5.74) is 0.728. The SMILES string of the molecule is COc1cc(S(=O)(=O)Nc2ccc3c(c2)OCO3)ccc1NC(C)=O. The standard InChI is InChI=1S/C16H16N2O6S/c1-10(19)17-13-5-4-12(8-15(13)22-2)25(20,21)18-11-3-6-14-16(7-11)24-9-23-14/h3-8,18H,9H2,1-2H3,(H,17,19). The topological polar surface area (TPSA) is 103 Å². The third kappa shape index (κ3) is 3.61. The first-order valence-corrected chi connectivity index (χ1v) is 8.75. The van der Waals surface area contributed by atoms with Crippen LogP contribution in [0.2, 0.25) is 0 Å². The van der Waals surface area contributed by atoms with Gasteiger partial charge in [0.05, 0.1) is 23.4 Å². The van der Waals surface area contributed by atoms with E-state index in [-0.39, 0.29) is 23.3 Å². The fourth-order valence-corrected chi connectivity index (χ4v) is 3.37. The van der Waals surface area contributed by atoms with Crippen LogP contribution in [0.1, 0.15) is 6.92 Å². The zero-order valence-electron chi connectivity index (χ0n) is 13.5. The van der Waals surface area contributed by atoms with Crippen molar-refractivity contribution in [3.05, 3.63) is 36.4 Å². The molecule has 1 amide bonds. The summed E-state index contributed by atoms with van der Waals surface area (Å²) in [5.74, 6) is 0.985. The summed E-state index contributed by atoms with van der Waals surface area (Å²) in [6.45, 7) is 1.46. The van der Waals surface area contributed by atoms with Gasteiger partial charge in [0.2, 0.25) is 12.7 Å². The predicted octanol–water partition coefficient (Wildman–Crippen LogP) is 2.18. The number of anilines is 2. The third-order valence-corrected chi connectivity index (χ3v) is 4.80. The minimum Gasteiger partial charge on any atom is -0.495 e. The molecule has 2 aromatic carbocycles. The normalized spacial score (nSPS) is 12.6. The molecule has 0 saturated heterocycles. The largest absolute Gasteiger partial charge is 0.495 e. The molecule has 0 bridgehead atoms. The van der Waals surface area contributed by atoms with E-state index in [1.54, 1.807) is 18.2 Å². The number of fused-ring (bicyclic) bond motifs is 1. The van der Waals surface area contributed by atoms with E-state index in [0.717, 1.165) is 0 Å².